The molecule has 0 unspecified atom stereocenters. The number of hydrogen-bond donors (Lipinski definition) is 0. The van der Waals surface area contributed by atoms with Gasteiger partial charge in [0.2, 0.25) is 5.89 Å². The zero-order valence-electron chi connectivity index (χ0n) is 12.3. The summed E-state index contributed by atoms with van der Waals surface area (Å²) < 4.78 is 15.8. The monoisotopic (exact) mass is 384 g/mol. The van der Waals surface area contributed by atoms with Crippen LogP contribution >= 0.6 is 34.5 Å². The minimum atomic E-state index is -0.456. The fourth-order valence-electron chi connectivity index (χ4n) is 1.85. The minimum absolute atomic E-state index is 0.0229. The second-order valence-corrected chi connectivity index (χ2v) is 6.25. The van der Waals surface area contributed by atoms with Gasteiger partial charge in [0.1, 0.15) is 5.75 Å². The van der Waals surface area contributed by atoms with Crippen LogP contribution in [0.2, 0.25) is 10.0 Å². The highest BCUT2D eigenvalue weighted by molar-refractivity contribution is 7.12. The molecule has 0 aliphatic heterocycles. The third-order valence-electron chi connectivity index (χ3n) is 2.98. The van der Waals surface area contributed by atoms with Crippen LogP contribution in [0, 0.1) is 0 Å². The second-order valence-electron chi connectivity index (χ2n) is 4.52. The number of carbonyl (C=O) groups excluding carboxylic acids is 1. The summed E-state index contributed by atoms with van der Waals surface area (Å²) in [6.45, 7) is 0.0229. The van der Waals surface area contributed by atoms with E-state index in [9.17, 15) is 4.79 Å². The van der Waals surface area contributed by atoms with E-state index in [2.05, 4.69) is 14.9 Å². The van der Waals surface area contributed by atoms with Crippen LogP contribution in [-0.2, 0) is 11.3 Å². The molecule has 0 aliphatic carbocycles. The number of thiophene rings is 1. The quantitative estimate of drug-likeness (QED) is 0.604. The Kier molecular flexibility index (Phi) is 5.03. The molecule has 0 bridgehead atoms. The first-order chi connectivity index (χ1) is 11.6. The van der Waals surface area contributed by atoms with Gasteiger partial charge in [0.25, 0.3) is 5.89 Å². The van der Waals surface area contributed by atoms with Crippen molar-refractivity contribution >= 4 is 40.5 Å². The Balaban J connectivity index is 1.72. The molecule has 0 amide bonds. The highest BCUT2D eigenvalue weighted by Gasteiger charge is 2.16. The molecule has 9 heteroatoms. The Morgan fingerprint density at radius 3 is 2.83 bits per heavy atom. The average molecular weight is 385 g/mol. The van der Waals surface area contributed by atoms with E-state index < -0.39 is 5.97 Å². The SMILES string of the molecule is COC(=O)c1sccc1OCc1nnc(-c2ccc(Cl)c(Cl)c2)o1. The lowest BCUT2D eigenvalue weighted by Gasteiger charge is -2.03. The molecule has 3 aromatic rings. The van der Waals surface area contributed by atoms with Crippen LogP contribution in [0.25, 0.3) is 11.5 Å². The molecule has 3 rings (SSSR count). The summed E-state index contributed by atoms with van der Waals surface area (Å²) in [5.74, 6) is 0.506. The fourth-order valence-corrected chi connectivity index (χ4v) is 2.90. The molecule has 6 nitrogen and oxygen atoms in total. The number of hydrogen-bond acceptors (Lipinski definition) is 7. The molecule has 0 atom stereocenters. The zero-order chi connectivity index (χ0) is 17.1. The summed E-state index contributed by atoms with van der Waals surface area (Å²) in [5.41, 5.74) is 0.647. The van der Waals surface area contributed by atoms with Gasteiger partial charge in [0, 0.05) is 5.56 Å². The summed E-state index contributed by atoms with van der Waals surface area (Å²) in [6, 6.07) is 6.68. The highest BCUT2D eigenvalue weighted by atomic mass is 35.5. The predicted molar refractivity (Wildman–Crippen MR) is 89.7 cm³/mol. The van der Waals surface area contributed by atoms with Crippen LogP contribution in [0.15, 0.2) is 34.1 Å². The first-order valence-corrected chi connectivity index (χ1v) is 8.28. The van der Waals surface area contributed by atoms with Crippen LogP contribution in [0.3, 0.4) is 0 Å². The van der Waals surface area contributed by atoms with Crippen molar-refractivity contribution in [1.82, 2.24) is 10.2 Å². The largest absolute Gasteiger partial charge is 0.482 e. The van der Waals surface area contributed by atoms with Crippen molar-refractivity contribution in [3.8, 4) is 17.2 Å². The van der Waals surface area contributed by atoms with Crippen LogP contribution in [0.1, 0.15) is 15.6 Å². The summed E-state index contributed by atoms with van der Waals surface area (Å²) >= 11 is 13.1. The molecule has 0 radical (unpaired) electrons. The Hall–Kier alpha value is -2.09. The number of carbonyl (C=O) groups is 1. The molecule has 0 saturated carbocycles. The molecule has 0 saturated heterocycles. The lowest BCUT2D eigenvalue weighted by molar-refractivity contribution is 0.0601. The molecule has 1 aromatic carbocycles. The van der Waals surface area contributed by atoms with Crippen LogP contribution in [0.5, 0.6) is 5.75 Å². The predicted octanol–water partition coefficient (Wildman–Crippen LogP) is 4.47. The van der Waals surface area contributed by atoms with Gasteiger partial charge < -0.3 is 13.9 Å². The van der Waals surface area contributed by atoms with Gasteiger partial charge in [-0.2, -0.15) is 0 Å². The van der Waals surface area contributed by atoms with Crippen molar-refractivity contribution in [2.45, 2.75) is 6.61 Å². The second kappa shape index (κ2) is 7.21. The lowest BCUT2D eigenvalue weighted by Crippen LogP contribution is -2.02. The maximum absolute atomic E-state index is 11.6. The summed E-state index contributed by atoms with van der Waals surface area (Å²) in [6.07, 6.45) is 0. The summed E-state index contributed by atoms with van der Waals surface area (Å²) in [7, 11) is 1.31. The van der Waals surface area contributed by atoms with Crippen LogP contribution in [-0.4, -0.2) is 23.3 Å². The first-order valence-electron chi connectivity index (χ1n) is 6.65. The van der Waals surface area contributed by atoms with E-state index in [0.29, 0.717) is 32.1 Å². The number of ether oxygens (including phenoxy) is 2. The zero-order valence-corrected chi connectivity index (χ0v) is 14.6. The van der Waals surface area contributed by atoms with Crippen molar-refractivity contribution in [2.24, 2.45) is 0 Å². The van der Waals surface area contributed by atoms with Crippen molar-refractivity contribution in [3.05, 3.63) is 50.5 Å². The van der Waals surface area contributed by atoms with Gasteiger partial charge in [0.05, 0.1) is 17.2 Å². The van der Waals surface area contributed by atoms with E-state index in [4.69, 9.17) is 32.4 Å². The van der Waals surface area contributed by atoms with E-state index >= 15 is 0 Å². The molecule has 2 heterocycles. The normalized spacial score (nSPS) is 10.6. The highest BCUT2D eigenvalue weighted by Crippen LogP contribution is 2.29. The molecule has 0 N–H and O–H groups in total. The third-order valence-corrected chi connectivity index (χ3v) is 4.60. The smallest absolute Gasteiger partial charge is 0.351 e. The number of nitrogens with zero attached hydrogens (tertiary/aromatic N) is 2. The number of rotatable bonds is 5. The lowest BCUT2D eigenvalue weighted by atomic mass is 10.2. The Morgan fingerprint density at radius 1 is 1.25 bits per heavy atom. The van der Waals surface area contributed by atoms with Gasteiger partial charge in [-0.3, -0.25) is 0 Å². The van der Waals surface area contributed by atoms with Gasteiger partial charge in [0.15, 0.2) is 11.5 Å². The third kappa shape index (κ3) is 3.53. The number of methoxy groups -OCH3 is 1. The number of halogens is 2. The van der Waals surface area contributed by atoms with Crippen LogP contribution in [0.4, 0.5) is 0 Å². The van der Waals surface area contributed by atoms with Crippen molar-refractivity contribution < 1.29 is 18.7 Å². The standard InChI is InChI=1S/C15H10Cl2N2O4S/c1-21-15(20)13-11(4-5-24-13)22-7-12-18-19-14(23-12)8-2-3-9(16)10(17)6-8/h2-6H,7H2,1H3. The van der Waals surface area contributed by atoms with Gasteiger partial charge in [-0.15, -0.1) is 21.5 Å². The Labute approximate surface area is 150 Å². The Bertz CT molecular complexity index is 878. The topological polar surface area (TPSA) is 74.5 Å². The van der Waals surface area contributed by atoms with Crippen molar-refractivity contribution in [1.29, 1.82) is 0 Å². The van der Waals surface area contributed by atoms with E-state index in [-0.39, 0.29) is 12.5 Å². The minimum Gasteiger partial charge on any atom is -0.482 e. The summed E-state index contributed by atoms with van der Waals surface area (Å²) in [5, 5.41) is 10.4. The van der Waals surface area contributed by atoms with E-state index in [0.717, 1.165) is 0 Å². The van der Waals surface area contributed by atoms with Gasteiger partial charge in [-0.1, -0.05) is 23.2 Å². The number of esters is 1. The van der Waals surface area contributed by atoms with Crippen molar-refractivity contribution in [2.75, 3.05) is 7.11 Å². The molecule has 0 aliphatic rings. The first kappa shape index (κ1) is 16.8. The molecule has 124 valence electrons. The van der Waals surface area contributed by atoms with E-state index in [1.54, 1.807) is 29.6 Å². The molecule has 2 aromatic heterocycles. The molecular formula is C15H10Cl2N2O4S. The molecular weight excluding hydrogens is 375 g/mol. The fraction of sp³-hybridized carbons (Fsp3) is 0.133. The van der Waals surface area contributed by atoms with E-state index in [1.807, 2.05) is 0 Å². The van der Waals surface area contributed by atoms with E-state index in [1.165, 1.54) is 18.4 Å². The number of aromatic nitrogens is 2. The van der Waals surface area contributed by atoms with Gasteiger partial charge in [-0.25, -0.2) is 4.79 Å². The molecule has 0 spiro atoms. The molecule has 0 fully saturated rings. The van der Waals surface area contributed by atoms with Gasteiger partial charge >= 0.3 is 5.97 Å². The Morgan fingerprint density at radius 2 is 2.08 bits per heavy atom. The number of benzene rings is 1. The average Bonchev–Trinajstić information content (AvgIpc) is 3.23. The summed E-state index contributed by atoms with van der Waals surface area (Å²) in [4.78, 5) is 12.0. The maximum atomic E-state index is 11.6. The van der Waals surface area contributed by atoms with Gasteiger partial charge in [-0.05, 0) is 29.6 Å². The molecule has 24 heavy (non-hydrogen) atoms. The van der Waals surface area contributed by atoms with Crippen LogP contribution < -0.4 is 4.74 Å². The van der Waals surface area contributed by atoms with Crippen molar-refractivity contribution in [3.63, 3.8) is 0 Å². The maximum Gasteiger partial charge on any atom is 0.351 e.